The molecule has 1 amide bonds. The number of carbonyl (C=O) groups is 1. The van der Waals surface area contributed by atoms with Gasteiger partial charge in [-0.3, -0.25) is 9.36 Å². The Hall–Kier alpha value is -4.15. The van der Waals surface area contributed by atoms with Gasteiger partial charge in [0.2, 0.25) is 5.88 Å². The smallest absolute Gasteiger partial charge is 0.326 e. The van der Waals surface area contributed by atoms with Crippen molar-refractivity contribution in [3.63, 3.8) is 0 Å². The van der Waals surface area contributed by atoms with E-state index in [0.717, 1.165) is 5.56 Å². The molecule has 10 nitrogen and oxygen atoms in total. The van der Waals surface area contributed by atoms with Crippen molar-refractivity contribution < 1.29 is 19.4 Å². The largest absolute Gasteiger partial charge is 0.489 e. The maximum absolute atomic E-state index is 12.6. The third-order valence-electron chi connectivity index (χ3n) is 6.46. The summed E-state index contributed by atoms with van der Waals surface area (Å²) in [5, 5.41) is 14.1. The van der Waals surface area contributed by atoms with E-state index in [1.165, 1.54) is 6.20 Å². The number of rotatable bonds is 12. The molecule has 0 aliphatic carbocycles. The molecular weight excluding hydrogens is 522 g/mol. The lowest BCUT2D eigenvalue weighted by Gasteiger charge is -2.28. The highest BCUT2D eigenvalue weighted by molar-refractivity contribution is 5.95. The minimum atomic E-state index is -0.764. The molecule has 218 valence electrons. The lowest BCUT2D eigenvalue weighted by molar-refractivity contribution is 0.0993. The number of carbonyl (C=O) groups excluding carboxylic acids is 1. The Balaban J connectivity index is 1.32. The van der Waals surface area contributed by atoms with E-state index in [0.29, 0.717) is 42.0 Å². The number of aromatic nitrogens is 3. The van der Waals surface area contributed by atoms with Crippen LogP contribution in [0.4, 0.5) is 0 Å². The Kier molecular flexibility index (Phi) is 8.84. The highest BCUT2D eigenvalue weighted by atomic mass is 16.5. The van der Waals surface area contributed by atoms with Gasteiger partial charge in [0.25, 0.3) is 5.91 Å². The molecule has 0 unspecified atom stereocenters. The number of fused-ring (bicyclic) bond motifs is 1. The Bertz CT molecular complexity index is 1550. The van der Waals surface area contributed by atoms with Crippen LogP contribution in [0, 0.1) is 5.41 Å². The minimum Gasteiger partial charge on any atom is -0.489 e. The van der Waals surface area contributed by atoms with Crippen LogP contribution in [0.15, 0.2) is 65.6 Å². The Labute approximate surface area is 239 Å². The fourth-order valence-corrected chi connectivity index (χ4v) is 4.59. The number of nitrogens with one attached hydrogen (secondary N) is 2. The van der Waals surface area contributed by atoms with Gasteiger partial charge in [-0.15, -0.1) is 0 Å². The molecule has 4 rings (SSSR count). The number of hydrogen-bond acceptors (Lipinski definition) is 7. The molecule has 0 aliphatic rings. The first-order valence-corrected chi connectivity index (χ1v) is 13.6. The average Bonchev–Trinajstić information content (AvgIpc) is 3.21. The maximum atomic E-state index is 12.6. The van der Waals surface area contributed by atoms with Crippen LogP contribution in [0.2, 0.25) is 0 Å². The summed E-state index contributed by atoms with van der Waals surface area (Å²) in [7, 11) is 0. The molecule has 0 saturated carbocycles. The zero-order valence-corrected chi connectivity index (χ0v) is 24.2. The standard InChI is InChI=1S/C31H39N5O5/c1-30(2,3)19-36-26-24(35-29(36)39)9-6-10-25(26)40-18-21(37)17-34-31(4,5)16-20-11-13-22(14-12-20)41-28-23(27(32)38)8-7-15-33-28/h6-15,21,34,37H,16-19H2,1-5H3,(H2,32,38)(H,35,39)/t21-/m0/s1. The van der Waals surface area contributed by atoms with E-state index in [1.807, 2.05) is 42.5 Å². The molecule has 2 aromatic carbocycles. The van der Waals surface area contributed by atoms with Crippen LogP contribution in [-0.4, -0.2) is 50.3 Å². The number of hydrogen-bond donors (Lipinski definition) is 4. The number of aliphatic hydroxyl groups is 1. The van der Waals surface area contributed by atoms with Crippen LogP contribution in [0.5, 0.6) is 17.4 Å². The zero-order chi connectivity index (χ0) is 29.8. The molecule has 0 spiro atoms. The van der Waals surface area contributed by atoms with Crippen molar-refractivity contribution in [2.24, 2.45) is 11.1 Å². The molecule has 0 saturated heterocycles. The fraction of sp³-hybridized carbons (Fsp3) is 0.387. The molecule has 2 aromatic heterocycles. The van der Waals surface area contributed by atoms with Crippen molar-refractivity contribution in [1.29, 1.82) is 0 Å². The monoisotopic (exact) mass is 561 g/mol. The Morgan fingerprint density at radius 3 is 2.51 bits per heavy atom. The quantitative estimate of drug-likeness (QED) is 0.205. The predicted octanol–water partition coefficient (Wildman–Crippen LogP) is 4.01. The van der Waals surface area contributed by atoms with Crippen LogP contribution in [0.1, 0.15) is 50.5 Å². The summed E-state index contributed by atoms with van der Waals surface area (Å²) in [5.41, 5.74) is 7.49. The summed E-state index contributed by atoms with van der Waals surface area (Å²) in [5.74, 6) is 0.654. The summed E-state index contributed by atoms with van der Waals surface area (Å²) in [4.78, 5) is 31.2. The van der Waals surface area contributed by atoms with Gasteiger partial charge in [-0.2, -0.15) is 0 Å². The number of imidazole rings is 1. The number of nitrogens with zero attached hydrogens (tertiary/aromatic N) is 2. The fourth-order valence-electron chi connectivity index (χ4n) is 4.59. The summed E-state index contributed by atoms with van der Waals surface area (Å²) in [6, 6.07) is 16.2. The second-order valence-electron chi connectivity index (χ2n) is 12.1. The SMILES string of the molecule is CC(C)(C)Cn1c(=O)[nH]c2cccc(OC[C@@H](O)CNC(C)(C)Cc3ccc(Oc4ncccc4C(N)=O)cc3)c21. The topological polar surface area (TPSA) is 144 Å². The van der Waals surface area contributed by atoms with Crippen LogP contribution in [0.3, 0.4) is 0 Å². The van der Waals surface area contributed by atoms with Crippen LogP contribution in [0.25, 0.3) is 11.0 Å². The summed E-state index contributed by atoms with van der Waals surface area (Å²) in [6.07, 6.45) is 1.47. The molecule has 2 heterocycles. The van der Waals surface area contributed by atoms with Gasteiger partial charge in [-0.25, -0.2) is 9.78 Å². The highest BCUT2D eigenvalue weighted by Gasteiger charge is 2.21. The molecule has 10 heteroatoms. The number of aromatic amines is 1. The number of aliphatic hydroxyl groups excluding tert-OH is 1. The molecule has 0 radical (unpaired) electrons. The van der Waals surface area contributed by atoms with Crippen molar-refractivity contribution in [2.75, 3.05) is 13.2 Å². The van der Waals surface area contributed by atoms with Crippen molar-refractivity contribution >= 4 is 16.9 Å². The molecule has 0 bridgehead atoms. The van der Waals surface area contributed by atoms with Gasteiger partial charge < -0.3 is 30.6 Å². The maximum Gasteiger partial charge on any atom is 0.326 e. The second kappa shape index (κ2) is 12.2. The first-order chi connectivity index (χ1) is 19.3. The second-order valence-corrected chi connectivity index (χ2v) is 12.1. The lowest BCUT2D eigenvalue weighted by Crippen LogP contribution is -2.46. The van der Waals surface area contributed by atoms with Crippen LogP contribution in [-0.2, 0) is 13.0 Å². The lowest BCUT2D eigenvalue weighted by atomic mass is 9.94. The normalized spacial score (nSPS) is 12.8. The van der Waals surface area contributed by atoms with Crippen LogP contribution >= 0.6 is 0 Å². The van der Waals surface area contributed by atoms with Gasteiger partial charge >= 0.3 is 5.69 Å². The van der Waals surface area contributed by atoms with Gasteiger partial charge in [0.15, 0.2) is 0 Å². The van der Waals surface area contributed by atoms with E-state index in [2.05, 4.69) is 49.9 Å². The first kappa shape index (κ1) is 29.8. The van der Waals surface area contributed by atoms with E-state index in [4.69, 9.17) is 15.2 Å². The number of ether oxygens (including phenoxy) is 2. The van der Waals surface area contributed by atoms with Gasteiger partial charge in [0.05, 0.1) is 5.52 Å². The van der Waals surface area contributed by atoms with E-state index < -0.39 is 12.0 Å². The van der Waals surface area contributed by atoms with E-state index in [9.17, 15) is 14.7 Å². The first-order valence-electron chi connectivity index (χ1n) is 13.6. The third-order valence-corrected chi connectivity index (χ3v) is 6.46. The third kappa shape index (κ3) is 7.96. The predicted molar refractivity (Wildman–Crippen MR) is 159 cm³/mol. The molecule has 4 aromatic rings. The average molecular weight is 562 g/mol. The summed E-state index contributed by atoms with van der Waals surface area (Å²) in [6.45, 7) is 11.3. The van der Waals surface area contributed by atoms with Crippen molar-refractivity contribution in [2.45, 2.75) is 59.2 Å². The summed E-state index contributed by atoms with van der Waals surface area (Å²) >= 11 is 0. The van der Waals surface area contributed by atoms with Crippen molar-refractivity contribution in [3.05, 3.63) is 82.4 Å². The van der Waals surface area contributed by atoms with E-state index in [-0.39, 0.29) is 34.7 Å². The zero-order valence-electron chi connectivity index (χ0n) is 24.2. The van der Waals surface area contributed by atoms with Gasteiger partial charge in [0, 0.05) is 24.8 Å². The van der Waals surface area contributed by atoms with Crippen molar-refractivity contribution in [3.8, 4) is 17.4 Å². The molecule has 0 aliphatic heterocycles. The van der Waals surface area contributed by atoms with Gasteiger partial charge in [0.1, 0.15) is 35.3 Å². The van der Waals surface area contributed by atoms with E-state index in [1.54, 1.807) is 16.7 Å². The minimum absolute atomic E-state index is 0.0733. The number of H-pyrrole nitrogens is 1. The molecule has 0 fully saturated rings. The molecule has 5 N–H and O–H groups in total. The number of benzene rings is 2. The highest BCUT2D eigenvalue weighted by Crippen LogP contribution is 2.27. The molecule has 1 atom stereocenters. The Morgan fingerprint density at radius 2 is 1.83 bits per heavy atom. The van der Waals surface area contributed by atoms with Gasteiger partial charge in [-0.1, -0.05) is 39.0 Å². The molecule has 41 heavy (non-hydrogen) atoms. The number of pyridine rings is 1. The summed E-state index contributed by atoms with van der Waals surface area (Å²) < 4.78 is 13.5. The van der Waals surface area contributed by atoms with E-state index >= 15 is 0 Å². The number of primary amides is 1. The van der Waals surface area contributed by atoms with Gasteiger partial charge in [-0.05, 0) is 67.6 Å². The molecular formula is C31H39N5O5. The number of nitrogens with two attached hydrogens (primary N) is 1. The Morgan fingerprint density at radius 1 is 1.10 bits per heavy atom. The number of β-amino-alcohol motifs (C(OH)–C–C–N with tert-alkyl or cyclic N) is 1. The van der Waals surface area contributed by atoms with Crippen LogP contribution < -0.4 is 26.2 Å². The number of para-hydroxylation sites is 1. The van der Waals surface area contributed by atoms with Crippen molar-refractivity contribution in [1.82, 2.24) is 19.9 Å². The number of amides is 1.